The Kier molecular flexibility index (Phi) is 5.78. The monoisotopic (exact) mass is 437 g/mol. The Bertz CT molecular complexity index is 1150. The number of benzene rings is 1. The van der Waals surface area contributed by atoms with Gasteiger partial charge in [-0.2, -0.15) is 0 Å². The minimum Gasteiger partial charge on any atom is -0.490 e. The first-order valence-electron chi connectivity index (χ1n) is 10.9. The number of nitrogens with zero attached hydrogens (tertiary/aromatic N) is 1. The van der Waals surface area contributed by atoms with Crippen molar-refractivity contribution in [3.05, 3.63) is 58.1 Å². The van der Waals surface area contributed by atoms with Crippen molar-refractivity contribution < 1.29 is 19.1 Å². The number of ether oxygens (including phenoxy) is 2. The van der Waals surface area contributed by atoms with Gasteiger partial charge in [-0.05, 0) is 50.1 Å². The summed E-state index contributed by atoms with van der Waals surface area (Å²) >= 11 is 0. The van der Waals surface area contributed by atoms with E-state index in [1.807, 2.05) is 38.1 Å². The van der Waals surface area contributed by atoms with Gasteiger partial charge in [-0.1, -0.05) is 19.9 Å². The number of imide groups is 1. The van der Waals surface area contributed by atoms with Crippen LogP contribution >= 0.6 is 0 Å². The molecule has 4 rings (SSSR count). The molecule has 1 fully saturated rings. The van der Waals surface area contributed by atoms with Crippen LogP contribution in [0.25, 0.3) is 11.3 Å². The summed E-state index contributed by atoms with van der Waals surface area (Å²) in [5.74, 6) is 0.176. The molecule has 1 aromatic carbocycles. The van der Waals surface area contributed by atoms with Crippen LogP contribution < -0.4 is 20.5 Å². The molecule has 3 heterocycles. The fraction of sp³-hybridized carbons (Fsp3) is 0.375. The number of anilines is 1. The molecule has 168 valence electrons. The number of carbonyl (C=O) groups excluding carboxylic acids is 2. The van der Waals surface area contributed by atoms with Crippen LogP contribution in [0.4, 0.5) is 10.5 Å². The lowest BCUT2D eigenvalue weighted by atomic mass is 9.75. The number of amides is 2. The number of carbonyl (C=O) groups is 2. The molecule has 1 saturated heterocycles. The van der Waals surface area contributed by atoms with E-state index in [1.165, 1.54) is 0 Å². The van der Waals surface area contributed by atoms with Crippen molar-refractivity contribution in [3.8, 4) is 17.0 Å². The van der Waals surface area contributed by atoms with Gasteiger partial charge in [-0.3, -0.25) is 14.9 Å². The quantitative estimate of drug-likeness (QED) is 0.671. The first-order chi connectivity index (χ1) is 15.4. The molecule has 0 radical (unpaired) electrons. The number of rotatable bonds is 6. The van der Waals surface area contributed by atoms with Crippen molar-refractivity contribution in [2.24, 2.45) is 0 Å². The number of aromatic nitrogens is 1. The Morgan fingerprint density at radius 1 is 1.09 bits per heavy atom. The summed E-state index contributed by atoms with van der Waals surface area (Å²) in [4.78, 5) is 41.8. The molecule has 0 saturated carbocycles. The van der Waals surface area contributed by atoms with Crippen LogP contribution in [0.2, 0.25) is 0 Å². The normalized spacial score (nSPS) is 17.1. The summed E-state index contributed by atoms with van der Waals surface area (Å²) in [6.07, 6.45) is 1.90. The number of likely N-dealkylation sites (N-methyl/N-ethyl adjacent to an activating group) is 1. The van der Waals surface area contributed by atoms with Crippen molar-refractivity contribution in [2.75, 3.05) is 24.6 Å². The number of aromatic amines is 1. The summed E-state index contributed by atoms with van der Waals surface area (Å²) in [6, 6.07) is 9.55. The van der Waals surface area contributed by atoms with Crippen LogP contribution in [0, 0.1) is 0 Å². The second-order valence-corrected chi connectivity index (χ2v) is 7.94. The van der Waals surface area contributed by atoms with Crippen LogP contribution in [0.3, 0.4) is 0 Å². The Hall–Kier alpha value is -3.55. The Balaban J connectivity index is 1.73. The predicted molar refractivity (Wildman–Crippen MR) is 121 cm³/mol. The summed E-state index contributed by atoms with van der Waals surface area (Å²) < 4.78 is 10.7. The Labute approximate surface area is 186 Å². The summed E-state index contributed by atoms with van der Waals surface area (Å²) in [7, 11) is 0. The van der Waals surface area contributed by atoms with Crippen molar-refractivity contribution in [1.82, 2.24) is 10.3 Å². The highest BCUT2D eigenvalue weighted by molar-refractivity contribution is 6.07. The molecule has 8 heteroatoms. The van der Waals surface area contributed by atoms with Crippen LogP contribution in [-0.4, -0.2) is 36.7 Å². The van der Waals surface area contributed by atoms with Gasteiger partial charge in [0, 0.05) is 28.8 Å². The zero-order valence-electron chi connectivity index (χ0n) is 18.5. The zero-order valence-corrected chi connectivity index (χ0v) is 18.5. The van der Waals surface area contributed by atoms with Gasteiger partial charge in [-0.25, -0.2) is 4.79 Å². The molecule has 0 atom stereocenters. The molecule has 8 nitrogen and oxygen atoms in total. The lowest BCUT2D eigenvalue weighted by Gasteiger charge is -2.30. The van der Waals surface area contributed by atoms with E-state index in [1.54, 1.807) is 12.1 Å². The zero-order chi connectivity index (χ0) is 22.9. The van der Waals surface area contributed by atoms with E-state index < -0.39 is 17.4 Å². The molecular weight excluding hydrogens is 410 g/mol. The first kappa shape index (κ1) is 21.7. The summed E-state index contributed by atoms with van der Waals surface area (Å²) in [6.45, 7) is 8.33. The molecule has 0 unspecified atom stereocenters. The van der Waals surface area contributed by atoms with Gasteiger partial charge in [0.15, 0.2) is 5.76 Å². The number of H-pyrrole nitrogens is 1. The molecule has 0 aliphatic carbocycles. The topological polar surface area (TPSA) is 101 Å². The van der Waals surface area contributed by atoms with Gasteiger partial charge in [0.2, 0.25) is 0 Å². The number of fused-ring (bicyclic) bond motifs is 1. The highest BCUT2D eigenvalue weighted by Gasteiger charge is 2.35. The molecule has 2 aliphatic rings. The van der Waals surface area contributed by atoms with Crippen LogP contribution in [0.1, 0.15) is 39.2 Å². The minimum absolute atomic E-state index is 0.0727. The first-order valence-corrected chi connectivity index (χ1v) is 10.9. The van der Waals surface area contributed by atoms with Gasteiger partial charge in [0.25, 0.3) is 11.5 Å². The molecule has 2 amide bonds. The van der Waals surface area contributed by atoms with Crippen LogP contribution in [0.5, 0.6) is 5.75 Å². The fourth-order valence-corrected chi connectivity index (χ4v) is 4.39. The number of hydrogen-bond donors (Lipinski definition) is 2. The maximum Gasteiger partial charge on any atom is 0.419 e. The molecule has 32 heavy (non-hydrogen) atoms. The van der Waals surface area contributed by atoms with E-state index in [0.717, 1.165) is 30.1 Å². The third-order valence-electron chi connectivity index (χ3n) is 6.37. The molecule has 0 spiro atoms. The van der Waals surface area contributed by atoms with Gasteiger partial charge in [0.05, 0.1) is 12.2 Å². The van der Waals surface area contributed by atoms with E-state index in [9.17, 15) is 14.4 Å². The third kappa shape index (κ3) is 3.77. The van der Waals surface area contributed by atoms with Crippen LogP contribution in [0.15, 0.2) is 47.0 Å². The van der Waals surface area contributed by atoms with E-state index in [0.29, 0.717) is 30.7 Å². The maximum absolute atomic E-state index is 13.2. The number of pyridine rings is 1. The van der Waals surface area contributed by atoms with Gasteiger partial charge in [-0.15, -0.1) is 0 Å². The average molecular weight is 437 g/mol. The van der Waals surface area contributed by atoms with E-state index in [2.05, 4.69) is 22.1 Å². The summed E-state index contributed by atoms with van der Waals surface area (Å²) in [5.41, 5.74) is 2.13. The van der Waals surface area contributed by atoms with Crippen molar-refractivity contribution in [3.63, 3.8) is 0 Å². The largest absolute Gasteiger partial charge is 0.490 e. The standard InChI is InChI=1S/C24H27N3O5/c1-4-24(5-2,14-20-22(29)26-23(30)32-20)16-8-9-17(25-21(16)28)15-7-10-19-18(13-15)27(6-3)11-12-31-19/h7-10,13-14H,4-6,11-12H2,1-3H3,(H,25,28)(H,26,29,30)/b20-14-. The number of alkyl carbamates (subject to hydrolysis) is 1. The molecule has 1 aromatic heterocycles. The average Bonchev–Trinajstić information content (AvgIpc) is 3.13. The number of nitrogens with one attached hydrogen (secondary N) is 2. The van der Waals surface area contributed by atoms with Gasteiger partial charge in [0.1, 0.15) is 12.4 Å². The van der Waals surface area contributed by atoms with Gasteiger partial charge >= 0.3 is 6.09 Å². The molecular formula is C24H27N3O5. The Morgan fingerprint density at radius 3 is 2.50 bits per heavy atom. The Morgan fingerprint density at radius 2 is 1.88 bits per heavy atom. The second kappa shape index (κ2) is 8.53. The molecule has 2 aromatic rings. The van der Waals surface area contributed by atoms with E-state index in [-0.39, 0.29) is 11.3 Å². The third-order valence-corrected chi connectivity index (χ3v) is 6.37. The van der Waals surface area contributed by atoms with E-state index >= 15 is 0 Å². The number of cyclic esters (lactones) is 1. The lowest BCUT2D eigenvalue weighted by Crippen LogP contribution is -2.32. The number of allylic oxidation sites excluding steroid dienone is 1. The maximum atomic E-state index is 13.2. The van der Waals surface area contributed by atoms with Crippen LogP contribution in [-0.2, 0) is 14.9 Å². The molecule has 0 bridgehead atoms. The predicted octanol–water partition coefficient (Wildman–Crippen LogP) is 3.47. The molecule has 2 N–H and O–H groups in total. The van der Waals surface area contributed by atoms with Crippen molar-refractivity contribution in [2.45, 2.75) is 39.0 Å². The van der Waals surface area contributed by atoms with Crippen molar-refractivity contribution >= 4 is 17.7 Å². The molecule has 2 aliphatic heterocycles. The van der Waals surface area contributed by atoms with Gasteiger partial charge < -0.3 is 19.4 Å². The minimum atomic E-state index is -0.802. The van der Waals surface area contributed by atoms with Crippen molar-refractivity contribution in [1.29, 1.82) is 0 Å². The lowest BCUT2D eigenvalue weighted by molar-refractivity contribution is -0.116. The van der Waals surface area contributed by atoms with E-state index in [4.69, 9.17) is 9.47 Å². The second-order valence-electron chi connectivity index (χ2n) is 7.94. The SMILES string of the molecule is CCN1CCOc2ccc(-c3ccc(C(/C=C4\OC(=O)NC4=O)(CC)CC)c(=O)[nH]3)cc21. The number of hydrogen-bond acceptors (Lipinski definition) is 6. The fourth-order valence-electron chi connectivity index (χ4n) is 4.39. The highest BCUT2D eigenvalue weighted by Crippen LogP contribution is 2.36. The summed E-state index contributed by atoms with van der Waals surface area (Å²) in [5, 5.41) is 2.10. The smallest absolute Gasteiger partial charge is 0.419 e. The highest BCUT2D eigenvalue weighted by atomic mass is 16.6.